The van der Waals surface area contributed by atoms with Crippen LogP contribution >= 0.6 is 0 Å². The lowest BCUT2D eigenvalue weighted by atomic mass is 10.4. The number of imidazole rings is 1. The number of hydrogen-bond acceptors (Lipinski definition) is 5. The van der Waals surface area contributed by atoms with Crippen LogP contribution in [0.4, 0.5) is 5.82 Å². The van der Waals surface area contributed by atoms with Gasteiger partial charge in [0.1, 0.15) is 12.2 Å². The number of aromatic nitrogens is 4. The van der Waals surface area contributed by atoms with E-state index in [2.05, 4.69) is 27.2 Å². The predicted molar refractivity (Wildman–Crippen MR) is 69.2 cm³/mol. The molecule has 0 atom stereocenters. The average molecular weight is 247 g/mol. The normalized spacial score (nSPS) is 10.4. The molecule has 0 aliphatic rings. The lowest BCUT2D eigenvalue weighted by molar-refractivity contribution is 0.410. The highest BCUT2D eigenvalue weighted by Crippen LogP contribution is 2.28. The molecule has 1 N–H and O–H groups in total. The fraction of sp³-hybridized carbons (Fsp3) is 0.417. The number of nitrogens with zero attached hydrogens (tertiary/aromatic N) is 4. The zero-order valence-electron chi connectivity index (χ0n) is 10.8. The molecule has 96 valence electrons. The van der Waals surface area contributed by atoms with E-state index in [4.69, 9.17) is 4.74 Å². The maximum atomic E-state index is 5.42. The van der Waals surface area contributed by atoms with Crippen molar-refractivity contribution in [1.29, 1.82) is 0 Å². The van der Waals surface area contributed by atoms with Crippen LogP contribution in [-0.2, 0) is 6.42 Å². The summed E-state index contributed by atoms with van der Waals surface area (Å²) in [5.41, 5.74) is 0. The molecule has 0 fully saturated rings. The van der Waals surface area contributed by atoms with Crippen LogP contribution in [0.3, 0.4) is 0 Å². The van der Waals surface area contributed by atoms with E-state index in [9.17, 15) is 0 Å². The third kappa shape index (κ3) is 2.13. The van der Waals surface area contributed by atoms with Gasteiger partial charge < -0.3 is 10.1 Å². The highest BCUT2D eigenvalue weighted by atomic mass is 16.5. The SMILES string of the molecule is CCNc1ncnc(-n2ccnc2CC)c1OC. The second kappa shape index (κ2) is 5.48. The van der Waals surface area contributed by atoms with E-state index >= 15 is 0 Å². The molecule has 2 aromatic rings. The highest BCUT2D eigenvalue weighted by molar-refractivity contribution is 5.58. The number of rotatable bonds is 5. The molecule has 2 heterocycles. The van der Waals surface area contributed by atoms with Crippen LogP contribution in [0.2, 0.25) is 0 Å². The topological polar surface area (TPSA) is 64.9 Å². The van der Waals surface area contributed by atoms with Gasteiger partial charge in [0.05, 0.1) is 7.11 Å². The molecule has 6 nitrogen and oxygen atoms in total. The van der Waals surface area contributed by atoms with Crippen LogP contribution in [0.25, 0.3) is 5.82 Å². The smallest absolute Gasteiger partial charge is 0.205 e. The summed E-state index contributed by atoms with van der Waals surface area (Å²) < 4.78 is 7.33. The Morgan fingerprint density at radius 3 is 2.78 bits per heavy atom. The molecule has 0 bridgehead atoms. The fourth-order valence-corrected chi connectivity index (χ4v) is 1.81. The number of nitrogens with one attached hydrogen (secondary N) is 1. The minimum Gasteiger partial charge on any atom is -0.490 e. The lowest BCUT2D eigenvalue weighted by Crippen LogP contribution is -2.09. The molecule has 0 aromatic carbocycles. The minimum absolute atomic E-state index is 0.632. The van der Waals surface area contributed by atoms with Crippen molar-refractivity contribution in [2.75, 3.05) is 19.0 Å². The van der Waals surface area contributed by atoms with Crippen molar-refractivity contribution in [1.82, 2.24) is 19.5 Å². The summed E-state index contributed by atoms with van der Waals surface area (Å²) in [7, 11) is 1.62. The van der Waals surface area contributed by atoms with E-state index in [1.54, 1.807) is 13.3 Å². The molecule has 2 aromatic heterocycles. The first-order valence-electron chi connectivity index (χ1n) is 5.97. The summed E-state index contributed by atoms with van der Waals surface area (Å²) in [6.07, 6.45) is 5.98. The van der Waals surface area contributed by atoms with Crippen molar-refractivity contribution in [2.45, 2.75) is 20.3 Å². The number of anilines is 1. The van der Waals surface area contributed by atoms with Gasteiger partial charge >= 0.3 is 0 Å². The first-order valence-corrected chi connectivity index (χ1v) is 5.97. The lowest BCUT2D eigenvalue weighted by Gasteiger charge is -2.13. The van der Waals surface area contributed by atoms with Crippen LogP contribution in [0.5, 0.6) is 5.75 Å². The summed E-state index contributed by atoms with van der Waals surface area (Å²) >= 11 is 0. The molecule has 0 saturated heterocycles. The number of ether oxygens (including phenoxy) is 1. The first-order chi connectivity index (χ1) is 8.81. The average Bonchev–Trinajstić information content (AvgIpc) is 2.87. The molecular weight excluding hydrogens is 230 g/mol. The van der Waals surface area contributed by atoms with Gasteiger partial charge in [-0.3, -0.25) is 4.57 Å². The molecule has 0 spiro atoms. The Labute approximate surface area is 106 Å². The fourth-order valence-electron chi connectivity index (χ4n) is 1.81. The third-order valence-electron chi connectivity index (χ3n) is 2.60. The summed E-state index contributed by atoms with van der Waals surface area (Å²) in [5, 5.41) is 3.16. The van der Waals surface area contributed by atoms with E-state index in [-0.39, 0.29) is 0 Å². The predicted octanol–water partition coefficient (Wildman–Crippen LogP) is 1.67. The van der Waals surface area contributed by atoms with E-state index < -0.39 is 0 Å². The molecule has 2 rings (SSSR count). The van der Waals surface area contributed by atoms with Gasteiger partial charge in [-0.1, -0.05) is 6.92 Å². The van der Waals surface area contributed by atoms with Crippen LogP contribution < -0.4 is 10.1 Å². The Bertz CT molecular complexity index is 523. The van der Waals surface area contributed by atoms with Gasteiger partial charge in [-0.2, -0.15) is 0 Å². The minimum atomic E-state index is 0.632. The van der Waals surface area contributed by atoms with Crippen molar-refractivity contribution in [3.05, 3.63) is 24.5 Å². The summed E-state index contributed by atoms with van der Waals surface area (Å²) in [4.78, 5) is 12.8. The molecule has 0 aliphatic carbocycles. The zero-order valence-corrected chi connectivity index (χ0v) is 10.8. The molecule has 0 saturated carbocycles. The van der Waals surface area contributed by atoms with Crippen LogP contribution in [0.1, 0.15) is 19.7 Å². The third-order valence-corrected chi connectivity index (χ3v) is 2.60. The highest BCUT2D eigenvalue weighted by Gasteiger charge is 2.15. The first kappa shape index (κ1) is 12.3. The van der Waals surface area contributed by atoms with Crippen molar-refractivity contribution >= 4 is 5.82 Å². The summed E-state index contributed by atoms with van der Waals surface area (Å²) in [5.74, 6) is 2.97. The quantitative estimate of drug-likeness (QED) is 0.870. The largest absolute Gasteiger partial charge is 0.490 e. The molecule has 0 aliphatic heterocycles. The Balaban J connectivity index is 2.53. The zero-order chi connectivity index (χ0) is 13.0. The number of hydrogen-bond donors (Lipinski definition) is 1. The van der Waals surface area contributed by atoms with Crippen molar-refractivity contribution in [2.24, 2.45) is 0 Å². The molecule has 6 heteroatoms. The number of methoxy groups -OCH3 is 1. The second-order valence-corrected chi connectivity index (χ2v) is 3.68. The van der Waals surface area contributed by atoms with Gasteiger partial charge in [0.15, 0.2) is 11.6 Å². The van der Waals surface area contributed by atoms with E-state index in [0.29, 0.717) is 17.4 Å². The van der Waals surface area contributed by atoms with Crippen molar-refractivity contribution in [3.63, 3.8) is 0 Å². The van der Waals surface area contributed by atoms with E-state index in [1.165, 1.54) is 6.33 Å². The molecule has 0 amide bonds. The van der Waals surface area contributed by atoms with Gasteiger partial charge in [0.25, 0.3) is 0 Å². The van der Waals surface area contributed by atoms with Crippen molar-refractivity contribution in [3.8, 4) is 11.6 Å². The van der Waals surface area contributed by atoms with Gasteiger partial charge in [-0.25, -0.2) is 15.0 Å². The summed E-state index contributed by atoms with van der Waals surface area (Å²) in [6.45, 7) is 4.84. The van der Waals surface area contributed by atoms with E-state index in [1.807, 2.05) is 17.7 Å². The number of aryl methyl sites for hydroxylation is 1. The van der Waals surface area contributed by atoms with Crippen molar-refractivity contribution < 1.29 is 4.74 Å². The molecular formula is C12H17N5O. The Morgan fingerprint density at radius 2 is 2.11 bits per heavy atom. The monoisotopic (exact) mass is 247 g/mol. The summed E-state index contributed by atoms with van der Waals surface area (Å²) in [6, 6.07) is 0. The van der Waals surface area contributed by atoms with Gasteiger partial charge in [0, 0.05) is 25.4 Å². The van der Waals surface area contributed by atoms with E-state index in [0.717, 1.165) is 18.8 Å². The maximum absolute atomic E-state index is 5.42. The Kier molecular flexibility index (Phi) is 3.76. The molecule has 0 radical (unpaired) electrons. The second-order valence-electron chi connectivity index (χ2n) is 3.68. The van der Waals surface area contributed by atoms with Crippen LogP contribution in [-0.4, -0.2) is 33.2 Å². The van der Waals surface area contributed by atoms with Gasteiger partial charge in [0.2, 0.25) is 5.75 Å². The van der Waals surface area contributed by atoms with Crippen LogP contribution in [0.15, 0.2) is 18.7 Å². The van der Waals surface area contributed by atoms with Crippen LogP contribution in [0, 0.1) is 0 Å². The molecule has 0 unspecified atom stereocenters. The van der Waals surface area contributed by atoms with Gasteiger partial charge in [-0.15, -0.1) is 0 Å². The molecule has 18 heavy (non-hydrogen) atoms. The standard InChI is InChI=1S/C12H17N5O/c1-4-9-14-6-7-17(9)12-10(18-3)11(13-5-2)15-8-16-12/h6-8H,4-5H2,1-3H3,(H,13,15,16). The Morgan fingerprint density at radius 1 is 1.28 bits per heavy atom. The Hall–Kier alpha value is -2.11. The van der Waals surface area contributed by atoms with Gasteiger partial charge in [-0.05, 0) is 6.92 Å². The maximum Gasteiger partial charge on any atom is 0.205 e.